The number of fused-ring (bicyclic) bond motifs is 4. The molecule has 6 rings (SSSR count). The number of hydrogen-bond donors (Lipinski definition) is 1. The smallest absolute Gasteiger partial charge is 0.371 e. The molecule has 0 saturated heterocycles. The van der Waals surface area contributed by atoms with Crippen molar-refractivity contribution in [3.8, 4) is 16.8 Å². The molecule has 10 heteroatoms. The number of anilines is 1. The zero-order chi connectivity index (χ0) is 24.2. The van der Waals surface area contributed by atoms with Crippen LogP contribution < -0.4 is 5.32 Å². The van der Waals surface area contributed by atoms with E-state index in [2.05, 4.69) is 15.5 Å². The van der Waals surface area contributed by atoms with Gasteiger partial charge in [0.25, 0.3) is 0 Å². The zero-order valence-corrected chi connectivity index (χ0v) is 18.6. The van der Waals surface area contributed by atoms with Crippen molar-refractivity contribution in [1.82, 2.24) is 19.3 Å². The largest absolute Gasteiger partial charge is 0.431 e. The molecule has 2 aliphatic rings. The number of benzene rings is 2. The van der Waals surface area contributed by atoms with Crippen LogP contribution in [0.5, 0.6) is 0 Å². The van der Waals surface area contributed by atoms with E-state index >= 15 is 8.78 Å². The fourth-order valence-corrected chi connectivity index (χ4v) is 5.01. The maximum atomic E-state index is 16.1. The third-order valence-electron chi connectivity index (χ3n) is 6.60. The van der Waals surface area contributed by atoms with Crippen molar-refractivity contribution in [1.29, 1.82) is 0 Å². The Balaban J connectivity index is 1.65. The van der Waals surface area contributed by atoms with Crippen LogP contribution >= 0.6 is 0 Å². The predicted molar refractivity (Wildman–Crippen MR) is 117 cm³/mol. The summed E-state index contributed by atoms with van der Waals surface area (Å²) in [5, 5.41) is 11.5. The molecule has 0 spiro atoms. The van der Waals surface area contributed by atoms with Crippen molar-refractivity contribution in [3.63, 3.8) is 0 Å². The fraction of sp³-hybridized carbons (Fsp3) is 0.333. The molecule has 1 fully saturated rings. The molecule has 5 nitrogen and oxygen atoms in total. The van der Waals surface area contributed by atoms with Crippen LogP contribution in [0.1, 0.15) is 50.1 Å². The highest BCUT2D eigenvalue weighted by Crippen LogP contribution is 2.48. The maximum absolute atomic E-state index is 16.1. The summed E-state index contributed by atoms with van der Waals surface area (Å²) in [4.78, 5) is 0. The van der Waals surface area contributed by atoms with Crippen LogP contribution in [-0.4, -0.2) is 19.3 Å². The van der Waals surface area contributed by atoms with Gasteiger partial charge in [-0.1, -0.05) is 12.1 Å². The molecular formula is C24H20F5N5. The van der Waals surface area contributed by atoms with Gasteiger partial charge in [-0.15, -0.1) is 10.2 Å². The van der Waals surface area contributed by atoms with Crippen LogP contribution in [0.15, 0.2) is 30.3 Å². The summed E-state index contributed by atoms with van der Waals surface area (Å²) in [7, 11) is 0. The minimum Gasteiger partial charge on any atom is -0.371 e. The predicted octanol–water partition coefficient (Wildman–Crippen LogP) is 6.49. The average molecular weight is 473 g/mol. The van der Waals surface area contributed by atoms with E-state index in [-0.39, 0.29) is 33.9 Å². The molecular weight excluding hydrogens is 453 g/mol. The normalized spacial score (nSPS) is 16.9. The summed E-state index contributed by atoms with van der Waals surface area (Å²) in [6.45, 7) is 5.30. The fourth-order valence-electron chi connectivity index (χ4n) is 5.01. The Bertz CT molecular complexity index is 1490. The van der Waals surface area contributed by atoms with E-state index in [1.54, 1.807) is 13.0 Å². The highest BCUT2D eigenvalue weighted by Gasteiger charge is 2.41. The molecule has 2 aromatic carbocycles. The Morgan fingerprint density at radius 2 is 1.82 bits per heavy atom. The van der Waals surface area contributed by atoms with Crippen LogP contribution in [0.3, 0.4) is 0 Å². The molecule has 3 heterocycles. The van der Waals surface area contributed by atoms with E-state index in [9.17, 15) is 13.2 Å². The molecule has 1 aliphatic carbocycles. The van der Waals surface area contributed by atoms with Crippen molar-refractivity contribution in [2.24, 2.45) is 0 Å². The summed E-state index contributed by atoms with van der Waals surface area (Å²) in [5.74, 6) is -0.887. The lowest BCUT2D eigenvalue weighted by atomic mass is 9.95. The minimum atomic E-state index is -4.59. The van der Waals surface area contributed by atoms with Gasteiger partial charge in [-0.05, 0) is 51.3 Å². The van der Waals surface area contributed by atoms with E-state index in [1.807, 2.05) is 13.8 Å². The zero-order valence-electron chi connectivity index (χ0n) is 18.6. The number of nitrogens with zero attached hydrogens (tertiary/aromatic N) is 4. The first kappa shape index (κ1) is 21.1. The van der Waals surface area contributed by atoms with E-state index < -0.39 is 29.0 Å². The molecule has 4 aromatic rings. The molecule has 0 atom stereocenters. The first-order valence-corrected chi connectivity index (χ1v) is 10.9. The maximum Gasteiger partial charge on any atom is 0.431 e. The Morgan fingerprint density at radius 1 is 1.09 bits per heavy atom. The number of halogens is 5. The van der Waals surface area contributed by atoms with Crippen LogP contribution in [-0.2, 0) is 11.7 Å². The number of rotatable bonds is 2. The highest BCUT2D eigenvalue weighted by atomic mass is 19.4. The molecule has 1 N–H and O–H groups in total. The quantitative estimate of drug-likeness (QED) is 0.339. The third kappa shape index (κ3) is 2.83. The Labute approximate surface area is 191 Å². The SMILES string of the molecule is Cc1nnc2n1-c1c(cc(F)c(-c3cccc4c3cc(C(F)(F)F)n4C3CC3)c1F)NC2(C)C. The molecule has 1 saturated carbocycles. The highest BCUT2D eigenvalue weighted by molar-refractivity contribution is 5.97. The van der Waals surface area contributed by atoms with E-state index in [0.29, 0.717) is 30.0 Å². The number of alkyl halides is 3. The number of aryl methyl sites for hydroxylation is 1. The van der Waals surface area contributed by atoms with Crippen molar-refractivity contribution in [2.45, 2.75) is 51.4 Å². The molecule has 176 valence electrons. The van der Waals surface area contributed by atoms with E-state index in [0.717, 1.165) is 6.07 Å². The third-order valence-corrected chi connectivity index (χ3v) is 6.60. The lowest BCUT2D eigenvalue weighted by molar-refractivity contribution is -0.143. The van der Waals surface area contributed by atoms with Gasteiger partial charge in [0.1, 0.15) is 23.0 Å². The second-order valence-electron chi connectivity index (χ2n) is 9.47. The molecule has 0 radical (unpaired) electrons. The van der Waals surface area contributed by atoms with Gasteiger partial charge in [-0.25, -0.2) is 8.78 Å². The van der Waals surface area contributed by atoms with Gasteiger partial charge in [0.15, 0.2) is 11.6 Å². The van der Waals surface area contributed by atoms with Crippen molar-refractivity contribution >= 4 is 16.6 Å². The lowest BCUT2D eigenvalue weighted by Gasteiger charge is -2.34. The van der Waals surface area contributed by atoms with Gasteiger partial charge in [0.2, 0.25) is 0 Å². The van der Waals surface area contributed by atoms with Crippen molar-refractivity contribution in [3.05, 3.63) is 59.3 Å². The number of hydrogen-bond acceptors (Lipinski definition) is 3. The van der Waals surface area contributed by atoms with Gasteiger partial charge < -0.3 is 9.88 Å². The molecule has 2 aromatic heterocycles. The monoisotopic (exact) mass is 473 g/mol. The van der Waals surface area contributed by atoms with Gasteiger partial charge in [-0.3, -0.25) is 4.57 Å². The van der Waals surface area contributed by atoms with E-state index in [1.165, 1.54) is 27.3 Å². The second kappa shape index (κ2) is 6.58. The van der Waals surface area contributed by atoms with Crippen LogP contribution in [0, 0.1) is 18.6 Å². The standard InChI is InChI=1S/C24H20F5N5/c1-11-31-32-22-23(2,3)30-16-10-15(25)19(20(26)21(16)33(11)22)13-5-4-6-17-14(13)9-18(24(27,28)29)34(17)12-7-8-12/h4-6,9-10,12,30H,7-8H2,1-3H3. The molecule has 0 amide bonds. The topological polar surface area (TPSA) is 47.7 Å². The molecule has 0 unspecified atom stereocenters. The number of nitrogens with one attached hydrogen (secondary N) is 1. The summed E-state index contributed by atoms with van der Waals surface area (Å²) >= 11 is 0. The van der Waals surface area contributed by atoms with Gasteiger partial charge in [-0.2, -0.15) is 13.2 Å². The average Bonchev–Trinajstić information content (AvgIpc) is 3.37. The first-order valence-electron chi connectivity index (χ1n) is 10.9. The number of aromatic nitrogens is 4. The van der Waals surface area contributed by atoms with Crippen LogP contribution in [0.2, 0.25) is 0 Å². The van der Waals surface area contributed by atoms with E-state index in [4.69, 9.17) is 0 Å². The molecule has 34 heavy (non-hydrogen) atoms. The Kier molecular flexibility index (Phi) is 4.09. The van der Waals surface area contributed by atoms with Gasteiger partial charge in [0.05, 0.1) is 16.8 Å². The molecule has 0 bridgehead atoms. The summed E-state index contributed by atoms with van der Waals surface area (Å²) in [6, 6.07) is 6.46. The summed E-state index contributed by atoms with van der Waals surface area (Å²) < 4.78 is 75.9. The van der Waals surface area contributed by atoms with Crippen LogP contribution in [0.4, 0.5) is 27.6 Å². The molecule has 1 aliphatic heterocycles. The van der Waals surface area contributed by atoms with Crippen molar-refractivity contribution in [2.75, 3.05) is 5.32 Å². The van der Waals surface area contributed by atoms with Gasteiger partial charge >= 0.3 is 6.18 Å². The Morgan fingerprint density at radius 3 is 2.50 bits per heavy atom. The van der Waals surface area contributed by atoms with Crippen LogP contribution in [0.25, 0.3) is 27.7 Å². The minimum absolute atomic E-state index is 0.0444. The summed E-state index contributed by atoms with van der Waals surface area (Å²) in [6.07, 6.45) is -3.32. The second-order valence-corrected chi connectivity index (χ2v) is 9.47. The van der Waals surface area contributed by atoms with Gasteiger partial charge in [0, 0.05) is 23.0 Å². The summed E-state index contributed by atoms with van der Waals surface area (Å²) in [5.41, 5.74) is -1.29. The Hall–Kier alpha value is -3.43. The first-order chi connectivity index (χ1) is 16.0. The van der Waals surface area contributed by atoms with Crippen molar-refractivity contribution < 1.29 is 22.0 Å². The lowest BCUT2D eigenvalue weighted by Crippen LogP contribution is -2.36.